The third kappa shape index (κ3) is 35.9. The van der Waals surface area contributed by atoms with Gasteiger partial charge in [0.25, 0.3) is 0 Å². The van der Waals surface area contributed by atoms with Crippen LogP contribution in [0.15, 0.2) is 221 Å². The molecule has 0 unspecified atom stereocenters. The molecule has 0 aliphatic heterocycles. The van der Waals surface area contributed by atoms with Crippen LogP contribution >= 0.6 is 0 Å². The zero-order chi connectivity index (χ0) is 95.5. The highest BCUT2D eigenvalue weighted by molar-refractivity contribution is 5.83. The van der Waals surface area contributed by atoms with Gasteiger partial charge in [-0.25, -0.2) is 9.97 Å². The maximum Gasteiger partial charge on any atom is 0.153 e. The van der Waals surface area contributed by atoms with Crippen molar-refractivity contribution >= 4 is 43.6 Å². The van der Waals surface area contributed by atoms with Gasteiger partial charge in [0.15, 0.2) is 5.82 Å². The van der Waals surface area contributed by atoms with E-state index in [1.807, 2.05) is 171 Å². The Labute approximate surface area is 772 Å². The quantitative estimate of drug-likeness (QED) is 0.0532. The van der Waals surface area contributed by atoms with Gasteiger partial charge in [-0.15, -0.1) is 0 Å². The average molecular weight is 1760 g/mol. The van der Waals surface area contributed by atoms with E-state index in [-0.39, 0.29) is 0 Å². The van der Waals surface area contributed by atoms with Crippen molar-refractivity contribution < 1.29 is 0 Å². The van der Waals surface area contributed by atoms with Gasteiger partial charge in [-0.05, 0) is 204 Å². The number of benzene rings is 3. The minimum absolute atomic E-state index is 0.426. The molecule has 0 spiro atoms. The number of aromatic amines is 7. The molecule has 0 atom stereocenters. The van der Waals surface area contributed by atoms with E-state index in [9.17, 15) is 0 Å². The van der Waals surface area contributed by atoms with Crippen LogP contribution in [-0.4, -0.2) is 125 Å². The number of H-pyrrole nitrogens is 7. The molecule has 7 N–H and O–H groups in total. The molecule has 18 rings (SSSR count). The predicted octanol–water partition coefficient (Wildman–Crippen LogP) is 26.2. The van der Waals surface area contributed by atoms with E-state index in [1.54, 1.807) is 18.6 Å². The van der Waals surface area contributed by atoms with Crippen LogP contribution < -0.4 is 0 Å². The first kappa shape index (κ1) is 106. The van der Waals surface area contributed by atoms with Crippen molar-refractivity contribution in [1.29, 1.82) is 5.26 Å². The Morgan fingerprint density at radius 3 is 1.38 bits per heavy atom. The Balaban J connectivity index is 0.000000218. The summed E-state index contributed by atoms with van der Waals surface area (Å²) in [6.07, 6.45) is 35.0. The summed E-state index contributed by atoms with van der Waals surface area (Å²) in [5.74, 6) is 8.34. The second-order valence-electron chi connectivity index (χ2n) is 36.1. The number of aromatic nitrogens is 25. The van der Waals surface area contributed by atoms with Crippen LogP contribution in [0, 0.1) is 18.3 Å². The largest absolute Gasteiger partial charge is 0.357 e. The van der Waals surface area contributed by atoms with Crippen molar-refractivity contribution in [3.8, 4) is 6.07 Å². The SMILES string of the molecule is CC(C)c1cccc2[nH]ncc12.CC(C)c1cccc2[nH]ncc12.CC(C)c1cccc2cn[nH]c12.CC(C)c1ccccn1.CC(C)c1ccn(C)c1.CC(C)c1ccn[nH]1.CC(C)c1ccnc(C#N)c1.CC(C)c1ccnn1C.CC(C)c1cn[nH]c1.CC(C)c1cnn(C2CC2)c1.CC(C)c1nccc2cn[nH]c12.CC(C)n1cccn1.Cc1nc(C(C)C)n[nH]1. The molecule has 1 fully saturated rings. The Hall–Kier alpha value is -13.1. The van der Waals surface area contributed by atoms with E-state index in [4.69, 9.17) is 5.26 Å². The van der Waals surface area contributed by atoms with Gasteiger partial charge in [-0.2, -0.15) is 56.2 Å². The van der Waals surface area contributed by atoms with Crippen LogP contribution in [0.2, 0.25) is 0 Å². The normalized spacial score (nSPS) is 11.3. The number of hydrogen-bond acceptors (Lipinski definition) is 15. The number of nitrogens with one attached hydrogen (secondary N) is 7. The maximum atomic E-state index is 8.53. The van der Waals surface area contributed by atoms with Crippen molar-refractivity contribution in [2.75, 3.05) is 0 Å². The number of nitrogens with zero attached hydrogens (tertiary/aromatic N) is 19. The molecule has 1 aliphatic rings. The first-order valence-corrected chi connectivity index (χ1v) is 45.8. The van der Waals surface area contributed by atoms with Gasteiger partial charge in [0.05, 0.1) is 71.0 Å². The smallest absolute Gasteiger partial charge is 0.153 e. The van der Waals surface area contributed by atoms with Crippen LogP contribution in [0.1, 0.15) is 355 Å². The highest BCUT2D eigenvalue weighted by atomic mass is 15.3. The van der Waals surface area contributed by atoms with E-state index in [1.165, 1.54) is 79.3 Å². The summed E-state index contributed by atoms with van der Waals surface area (Å²) < 4.78 is 8.01. The molecule has 0 saturated heterocycles. The summed E-state index contributed by atoms with van der Waals surface area (Å²) >= 11 is 0. The number of hydrogen-bond donors (Lipinski definition) is 7. The topological polar surface area (TPSA) is 334 Å². The minimum atomic E-state index is 0.426. The van der Waals surface area contributed by atoms with Gasteiger partial charge in [0.1, 0.15) is 17.6 Å². The predicted molar refractivity (Wildman–Crippen MR) is 534 cm³/mol. The second-order valence-corrected chi connectivity index (χ2v) is 36.1. The highest BCUT2D eigenvalue weighted by Crippen LogP contribution is 2.35. The fourth-order valence-corrected chi connectivity index (χ4v) is 12.7. The summed E-state index contributed by atoms with van der Waals surface area (Å²) in [6.45, 7) is 57.8. The lowest BCUT2D eigenvalue weighted by Crippen LogP contribution is -1.99. The minimum Gasteiger partial charge on any atom is -0.357 e. The summed E-state index contributed by atoms with van der Waals surface area (Å²) in [6, 6.07) is 41.9. The Morgan fingerprint density at radius 2 is 0.992 bits per heavy atom. The molecule has 14 aromatic heterocycles. The second kappa shape index (κ2) is 55.0. The van der Waals surface area contributed by atoms with Crippen LogP contribution in [0.5, 0.6) is 0 Å². The molecule has 694 valence electrons. The first-order valence-electron chi connectivity index (χ1n) is 45.8. The van der Waals surface area contributed by atoms with E-state index < -0.39 is 0 Å². The van der Waals surface area contributed by atoms with Gasteiger partial charge in [-0.1, -0.05) is 215 Å². The molecule has 17 aromatic rings. The summed E-state index contributed by atoms with van der Waals surface area (Å²) in [7, 11) is 4.02. The Morgan fingerprint density at radius 1 is 0.400 bits per heavy atom. The van der Waals surface area contributed by atoms with E-state index >= 15 is 0 Å². The van der Waals surface area contributed by atoms with E-state index in [0.717, 1.165) is 56.6 Å². The van der Waals surface area contributed by atoms with Gasteiger partial charge in [0.2, 0.25) is 0 Å². The zero-order valence-corrected chi connectivity index (χ0v) is 82.8. The molecule has 26 heteroatoms. The fraction of sp³-hybridized carbons (Fsp3) is 0.433. The van der Waals surface area contributed by atoms with Crippen molar-refractivity contribution in [3.63, 3.8) is 0 Å². The number of para-hydroxylation sites is 1. The molecule has 14 heterocycles. The third-order valence-corrected chi connectivity index (χ3v) is 20.9. The van der Waals surface area contributed by atoms with Crippen LogP contribution in [0.4, 0.5) is 0 Å². The lowest BCUT2D eigenvalue weighted by atomic mass is 10.00. The lowest BCUT2D eigenvalue weighted by Gasteiger charge is -2.05. The zero-order valence-electron chi connectivity index (χ0n) is 82.8. The number of pyridine rings is 3. The van der Waals surface area contributed by atoms with Gasteiger partial charge in [-0.3, -0.25) is 59.7 Å². The summed E-state index contributed by atoms with van der Waals surface area (Å²) in [5.41, 5.74) is 19.0. The molecule has 0 bridgehead atoms. The van der Waals surface area contributed by atoms with Gasteiger partial charge in [0, 0.05) is 133 Å². The van der Waals surface area contributed by atoms with E-state index in [0.29, 0.717) is 82.8 Å². The van der Waals surface area contributed by atoms with E-state index in [2.05, 4.69) is 363 Å². The van der Waals surface area contributed by atoms with Crippen molar-refractivity contribution in [2.24, 2.45) is 14.1 Å². The molecule has 1 aliphatic carbocycles. The highest BCUT2D eigenvalue weighted by Gasteiger charge is 2.24. The Bertz CT molecular complexity index is 5390. The molecule has 0 amide bonds. The Kier molecular flexibility index (Phi) is 44.7. The van der Waals surface area contributed by atoms with Crippen molar-refractivity contribution in [1.82, 2.24) is 125 Å². The molecular weight excluding hydrogens is 1610 g/mol. The lowest BCUT2D eigenvalue weighted by molar-refractivity contribution is 0.532. The summed E-state index contributed by atoms with van der Waals surface area (Å²) in [5, 5.41) is 73.7. The molecule has 130 heavy (non-hydrogen) atoms. The molecular formula is C104H148N26. The average Bonchev–Trinajstić information content (AvgIpc) is 1.67. The van der Waals surface area contributed by atoms with Crippen LogP contribution in [0.25, 0.3) is 43.6 Å². The fourth-order valence-electron chi connectivity index (χ4n) is 12.7. The van der Waals surface area contributed by atoms with Crippen LogP contribution in [-0.2, 0) is 14.1 Å². The number of aryl methyl sites for hydroxylation is 3. The monoisotopic (exact) mass is 1760 g/mol. The molecule has 26 nitrogen and oxygen atoms in total. The van der Waals surface area contributed by atoms with Crippen molar-refractivity contribution in [3.05, 3.63) is 300 Å². The standard InChI is InChI=1S/3C10H12N2.C9H11N3.C9H14N2.C9H10N2.C8H13N.C8H11N.C7H12N2.C6H11N3.3C6H10N2/c2*1-7(2)8-4-3-5-10-9(8)6-11-12-10;1-7(2)9-5-3-4-8-6-11-12-10(8)9;1-6(2)8-9-7(3-4-10-8)5-11-12-9;1-7(2)8-5-10-11(6-8)9-3-4-9;1-7(2)8-3-4-11-9(5-8)6-10;1-7(2)8-4-5-9(3)6-8;1-7(2)8-5-3-4-6-9-8;1-6(2)7-4-5-8-9(7)3;1-4(2)6-7-5(3)8-9-6;1-5(2)6-3-7-8-4-6;1-6(2)8-5-3-4-7-8;1-5(2)6-3-4-7-8-6/h3*3-7H,1-2H3,(H,11,12);3-6H,1-2H3,(H,11,12);5-7,9H,3-4H2,1-2H3;3-5,7H,1-2H3;4-7H,1-3H3;3-7H,1-2H3;4-6H,1-3H3;4H,1-3H3,(H,7,8,9);3-5H,1-2H3,(H,7,8);3-6H,1-2H3;3-5H,1-2H3,(H,7,8). The van der Waals surface area contributed by atoms with Crippen molar-refractivity contribution in [2.45, 2.75) is 283 Å². The molecule has 1 saturated carbocycles. The number of nitriles is 1. The first-order chi connectivity index (χ1) is 62.0. The molecule has 3 aromatic carbocycles. The number of rotatable bonds is 14. The third-order valence-electron chi connectivity index (χ3n) is 20.9. The number of fused-ring (bicyclic) bond motifs is 4. The van der Waals surface area contributed by atoms with Crippen LogP contribution in [0.3, 0.4) is 0 Å². The molecule has 0 radical (unpaired) electrons. The van der Waals surface area contributed by atoms with Gasteiger partial charge < -0.3 is 4.57 Å². The summed E-state index contributed by atoms with van der Waals surface area (Å²) in [4.78, 5) is 16.5. The maximum absolute atomic E-state index is 8.53. The van der Waals surface area contributed by atoms with Gasteiger partial charge >= 0.3 is 0 Å².